The minimum absolute atomic E-state index is 0.882. The summed E-state index contributed by atoms with van der Waals surface area (Å²) in [5.74, 6) is 0. The standard InChI is InChI=1S/C14H17NS/c1-8-6-12(13(15)7-9(8)2)14-10(3)5-11(4)16-14/h5-7H,15H2,1-4H3. The van der Waals surface area contributed by atoms with Gasteiger partial charge in [-0.05, 0) is 62.6 Å². The molecule has 0 aliphatic heterocycles. The fraction of sp³-hybridized carbons (Fsp3) is 0.286. The van der Waals surface area contributed by atoms with Gasteiger partial charge < -0.3 is 5.73 Å². The smallest absolute Gasteiger partial charge is 0.0404 e. The Kier molecular flexibility index (Phi) is 2.76. The van der Waals surface area contributed by atoms with Gasteiger partial charge in [-0.3, -0.25) is 0 Å². The van der Waals surface area contributed by atoms with Crippen LogP contribution in [-0.4, -0.2) is 0 Å². The Bertz CT molecular complexity index is 538. The molecule has 16 heavy (non-hydrogen) atoms. The lowest BCUT2D eigenvalue weighted by Crippen LogP contribution is -1.93. The molecule has 1 heterocycles. The molecule has 2 N–H and O–H groups in total. The van der Waals surface area contributed by atoms with Crippen molar-refractivity contribution in [1.29, 1.82) is 0 Å². The zero-order chi connectivity index (χ0) is 11.9. The lowest BCUT2D eigenvalue weighted by molar-refractivity contribution is 1.34. The molecule has 0 amide bonds. The first-order valence-corrected chi connectivity index (χ1v) is 6.25. The van der Waals surface area contributed by atoms with Crippen molar-refractivity contribution in [2.24, 2.45) is 0 Å². The van der Waals surface area contributed by atoms with E-state index >= 15 is 0 Å². The predicted molar refractivity (Wildman–Crippen MR) is 73.1 cm³/mol. The summed E-state index contributed by atoms with van der Waals surface area (Å²) in [6, 6.07) is 6.48. The number of thiophene rings is 1. The van der Waals surface area contributed by atoms with Gasteiger partial charge in [0.05, 0.1) is 0 Å². The Morgan fingerprint density at radius 2 is 1.50 bits per heavy atom. The second-order valence-corrected chi connectivity index (χ2v) is 5.65. The zero-order valence-corrected chi connectivity index (χ0v) is 11.0. The van der Waals surface area contributed by atoms with Gasteiger partial charge in [0, 0.05) is 21.0 Å². The molecule has 0 aliphatic rings. The number of anilines is 1. The van der Waals surface area contributed by atoms with E-state index in [1.54, 1.807) is 0 Å². The van der Waals surface area contributed by atoms with Crippen LogP contribution in [0.3, 0.4) is 0 Å². The van der Waals surface area contributed by atoms with Crippen molar-refractivity contribution in [3.05, 3.63) is 39.8 Å². The van der Waals surface area contributed by atoms with E-state index in [2.05, 4.69) is 45.9 Å². The predicted octanol–water partition coefficient (Wildman–Crippen LogP) is 4.23. The summed E-state index contributed by atoms with van der Waals surface area (Å²) in [5, 5.41) is 0. The summed E-state index contributed by atoms with van der Waals surface area (Å²) >= 11 is 1.82. The summed E-state index contributed by atoms with van der Waals surface area (Å²) in [4.78, 5) is 2.64. The van der Waals surface area contributed by atoms with Crippen LogP contribution in [0.5, 0.6) is 0 Å². The highest BCUT2D eigenvalue weighted by Crippen LogP contribution is 2.36. The van der Waals surface area contributed by atoms with Crippen molar-refractivity contribution in [3.8, 4) is 10.4 Å². The van der Waals surface area contributed by atoms with E-state index in [9.17, 15) is 0 Å². The van der Waals surface area contributed by atoms with Crippen molar-refractivity contribution < 1.29 is 0 Å². The quantitative estimate of drug-likeness (QED) is 0.730. The third-order valence-electron chi connectivity index (χ3n) is 2.95. The Morgan fingerprint density at radius 3 is 2.06 bits per heavy atom. The van der Waals surface area contributed by atoms with Crippen LogP contribution in [0, 0.1) is 27.7 Å². The van der Waals surface area contributed by atoms with E-state index in [1.165, 1.54) is 32.0 Å². The number of hydrogen-bond donors (Lipinski definition) is 1. The van der Waals surface area contributed by atoms with Crippen molar-refractivity contribution in [1.82, 2.24) is 0 Å². The molecule has 2 rings (SSSR count). The molecule has 1 aromatic heterocycles. The van der Waals surface area contributed by atoms with Crippen molar-refractivity contribution in [2.75, 3.05) is 5.73 Å². The average Bonchev–Trinajstić information content (AvgIpc) is 2.51. The summed E-state index contributed by atoms with van der Waals surface area (Å²) in [5.41, 5.74) is 12.0. The molecule has 0 spiro atoms. The molecule has 1 nitrogen and oxygen atoms in total. The molecule has 0 fully saturated rings. The van der Waals surface area contributed by atoms with Crippen LogP contribution in [0.4, 0.5) is 5.69 Å². The minimum Gasteiger partial charge on any atom is -0.398 e. The summed E-state index contributed by atoms with van der Waals surface area (Å²) in [6.45, 7) is 8.52. The summed E-state index contributed by atoms with van der Waals surface area (Å²) < 4.78 is 0. The SMILES string of the molecule is Cc1cc(C)c(-c2cc(C)c(C)cc2N)s1. The second-order valence-electron chi connectivity index (χ2n) is 4.39. The van der Waals surface area contributed by atoms with Gasteiger partial charge in [0.1, 0.15) is 0 Å². The molecular formula is C14H17NS. The molecular weight excluding hydrogens is 214 g/mol. The number of aryl methyl sites for hydroxylation is 4. The highest BCUT2D eigenvalue weighted by molar-refractivity contribution is 7.15. The van der Waals surface area contributed by atoms with Crippen LogP contribution < -0.4 is 5.73 Å². The highest BCUT2D eigenvalue weighted by atomic mass is 32.1. The zero-order valence-electron chi connectivity index (χ0n) is 10.2. The molecule has 0 aliphatic carbocycles. The van der Waals surface area contributed by atoms with Gasteiger partial charge in [-0.15, -0.1) is 11.3 Å². The highest BCUT2D eigenvalue weighted by Gasteiger charge is 2.10. The van der Waals surface area contributed by atoms with Gasteiger partial charge in [-0.2, -0.15) is 0 Å². The first kappa shape index (κ1) is 11.2. The van der Waals surface area contributed by atoms with Crippen molar-refractivity contribution in [2.45, 2.75) is 27.7 Å². The van der Waals surface area contributed by atoms with E-state index in [4.69, 9.17) is 5.73 Å². The van der Waals surface area contributed by atoms with E-state index in [0.717, 1.165) is 5.69 Å². The average molecular weight is 231 g/mol. The van der Waals surface area contributed by atoms with Gasteiger partial charge in [0.25, 0.3) is 0 Å². The van der Waals surface area contributed by atoms with E-state index < -0.39 is 0 Å². The fourth-order valence-electron chi connectivity index (χ4n) is 1.94. The van der Waals surface area contributed by atoms with Gasteiger partial charge >= 0.3 is 0 Å². The molecule has 0 atom stereocenters. The van der Waals surface area contributed by atoms with E-state index in [-0.39, 0.29) is 0 Å². The van der Waals surface area contributed by atoms with Gasteiger partial charge in [-0.25, -0.2) is 0 Å². The number of nitrogens with two attached hydrogens (primary N) is 1. The van der Waals surface area contributed by atoms with Gasteiger partial charge in [-0.1, -0.05) is 0 Å². The first-order valence-electron chi connectivity index (χ1n) is 5.43. The minimum atomic E-state index is 0.882. The number of rotatable bonds is 1. The Labute approximate surface area is 101 Å². The van der Waals surface area contributed by atoms with E-state index in [0.29, 0.717) is 0 Å². The maximum atomic E-state index is 6.11. The third-order valence-corrected chi connectivity index (χ3v) is 4.14. The summed E-state index contributed by atoms with van der Waals surface area (Å²) in [7, 11) is 0. The number of nitrogen functional groups attached to an aromatic ring is 1. The third kappa shape index (κ3) is 1.85. The van der Waals surface area contributed by atoms with Crippen LogP contribution in [0.25, 0.3) is 10.4 Å². The van der Waals surface area contributed by atoms with Crippen LogP contribution >= 0.6 is 11.3 Å². The monoisotopic (exact) mass is 231 g/mol. The normalized spacial score (nSPS) is 10.8. The Hall–Kier alpha value is -1.28. The molecule has 0 bridgehead atoms. The lowest BCUT2D eigenvalue weighted by Gasteiger charge is -2.09. The molecule has 0 unspecified atom stereocenters. The molecule has 2 heteroatoms. The Balaban J connectivity index is 2.64. The van der Waals surface area contributed by atoms with Gasteiger partial charge in [0.15, 0.2) is 0 Å². The summed E-state index contributed by atoms with van der Waals surface area (Å²) in [6.07, 6.45) is 0. The number of hydrogen-bond acceptors (Lipinski definition) is 2. The van der Waals surface area contributed by atoms with Crippen molar-refractivity contribution >= 4 is 17.0 Å². The molecule has 0 saturated carbocycles. The largest absolute Gasteiger partial charge is 0.398 e. The lowest BCUT2D eigenvalue weighted by atomic mass is 10.0. The topological polar surface area (TPSA) is 26.0 Å². The maximum Gasteiger partial charge on any atom is 0.0404 e. The van der Waals surface area contributed by atoms with Crippen LogP contribution in [0.2, 0.25) is 0 Å². The second kappa shape index (κ2) is 3.95. The molecule has 84 valence electrons. The fourth-order valence-corrected chi connectivity index (χ4v) is 3.01. The maximum absolute atomic E-state index is 6.11. The van der Waals surface area contributed by atoms with Crippen LogP contribution in [-0.2, 0) is 0 Å². The Morgan fingerprint density at radius 1 is 0.875 bits per heavy atom. The van der Waals surface area contributed by atoms with Crippen molar-refractivity contribution in [3.63, 3.8) is 0 Å². The first-order chi connectivity index (χ1) is 7.49. The van der Waals surface area contributed by atoms with Crippen LogP contribution in [0.1, 0.15) is 21.6 Å². The molecule has 2 aromatic rings. The van der Waals surface area contributed by atoms with E-state index in [1.807, 2.05) is 11.3 Å². The molecule has 0 radical (unpaired) electrons. The van der Waals surface area contributed by atoms with Gasteiger partial charge in [0.2, 0.25) is 0 Å². The number of benzene rings is 1. The van der Waals surface area contributed by atoms with Crippen LogP contribution in [0.15, 0.2) is 18.2 Å². The molecule has 0 saturated heterocycles. The molecule has 1 aromatic carbocycles.